The molecule has 0 aromatic heterocycles. The Morgan fingerprint density at radius 3 is 2.12 bits per heavy atom. The molecule has 1 amide bonds. The van der Waals surface area contributed by atoms with Crippen LogP contribution in [0, 0.1) is 0 Å². The molecule has 0 unspecified atom stereocenters. The summed E-state index contributed by atoms with van der Waals surface area (Å²) in [5, 5.41) is 2.83. The number of carbonyl (C=O) groups is 1. The van der Waals surface area contributed by atoms with E-state index in [1.54, 1.807) is 0 Å². The largest absolute Gasteiger partial charge is 0.493 e. The average molecular weight is 483 g/mol. The van der Waals surface area contributed by atoms with E-state index in [1.165, 1.54) is 32.4 Å². The summed E-state index contributed by atoms with van der Waals surface area (Å²) in [5.41, 5.74) is 2.57. The first-order valence-corrected chi connectivity index (χ1v) is 12.4. The van der Waals surface area contributed by atoms with Crippen LogP contribution in [0.4, 0.5) is 5.69 Å². The molecule has 1 atom stereocenters. The number of carbonyl (C=O) groups excluding carboxylic acids is 1. The fourth-order valence-corrected chi connectivity index (χ4v) is 4.67. The van der Waals surface area contributed by atoms with Crippen molar-refractivity contribution in [3.8, 4) is 11.5 Å². The lowest BCUT2D eigenvalue weighted by molar-refractivity contribution is -0.117. The number of hydrogen-bond donors (Lipinski definition) is 2. The van der Waals surface area contributed by atoms with E-state index in [-0.39, 0.29) is 17.1 Å². The first-order chi connectivity index (χ1) is 16.2. The van der Waals surface area contributed by atoms with Gasteiger partial charge in [0.25, 0.3) is 0 Å². The van der Waals surface area contributed by atoms with Gasteiger partial charge in [-0.05, 0) is 47.7 Å². The zero-order chi connectivity index (χ0) is 24.7. The Morgan fingerprint density at radius 1 is 0.882 bits per heavy atom. The van der Waals surface area contributed by atoms with Gasteiger partial charge >= 0.3 is 0 Å². The van der Waals surface area contributed by atoms with Crippen molar-refractivity contribution >= 4 is 21.6 Å². The second kappa shape index (κ2) is 11.2. The third-order valence-corrected chi connectivity index (χ3v) is 6.88. The number of amides is 1. The zero-order valence-corrected chi connectivity index (χ0v) is 20.6. The third kappa shape index (κ3) is 6.36. The molecule has 180 valence electrons. The molecule has 0 aliphatic rings. The van der Waals surface area contributed by atoms with Gasteiger partial charge in [0.2, 0.25) is 15.9 Å². The number of nitrogens with one attached hydrogen (secondary N) is 2. The molecule has 0 saturated carbocycles. The Hall–Kier alpha value is -3.36. The normalized spacial score (nSPS) is 12.3. The maximum absolute atomic E-state index is 13.2. The Morgan fingerprint density at radius 2 is 1.53 bits per heavy atom. The number of hydrogen-bond acceptors (Lipinski definition) is 5. The number of ether oxygens (including phenoxy) is 2. The highest BCUT2D eigenvalue weighted by Gasteiger charge is 2.27. The van der Waals surface area contributed by atoms with Gasteiger partial charge in [-0.25, -0.2) is 8.42 Å². The van der Waals surface area contributed by atoms with Crippen LogP contribution in [0.3, 0.4) is 0 Å². The van der Waals surface area contributed by atoms with Gasteiger partial charge in [-0.1, -0.05) is 56.3 Å². The molecule has 3 aromatic carbocycles. The van der Waals surface area contributed by atoms with Crippen LogP contribution in [0.2, 0.25) is 0 Å². The minimum Gasteiger partial charge on any atom is -0.493 e. The molecule has 3 rings (SSSR count). The average Bonchev–Trinajstić information content (AvgIpc) is 2.84. The van der Waals surface area contributed by atoms with Gasteiger partial charge in [0.15, 0.2) is 11.5 Å². The minimum absolute atomic E-state index is 0.0303. The van der Waals surface area contributed by atoms with Crippen LogP contribution in [0.25, 0.3) is 0 Å². The third-order valence-electron chi connectivity index (χ3n) is 5.41. The van der Waals surface area contributed by atoms with Gasteiger partial charge in [0, 0.05) is 11.8 Å². The summed E-state index contributed by atoms with van der Waals surface area (Å²) in [5.74, 6) is 0.596. The summed E-state index contributed by atoms with van der Waals surface area (Å²) >= 11 is 0. The van der Waals surface area contributed by atoms with Gasteiger partial charge in [0.05, 0.1) is 19.1 Å². The van der Waals surface area contributed by atoms with E-state index >= 15 is 0 Å². The number of anilines is 1. The SMILES string of the molecule is COc1ccc(S(=O)(=O)N[C@H](Cc2ccccc2)C(=O)Nc2ccc(C(C)C)cc2)cc1OC. The number of sulfonamides is 1. The summed E-state index contributed by atoms with van der Waals surface area (Å²) < 4.78 is 39.4. The van der Waals surface area contributed by atoms with E-state index in [2.05, 4.69) is 23.9 Å². The Kier molecular flexibility index (Phi) is 8.31. The minimum atomic E-state index is -4.04. The number of benzene rings is 3. The van der Waals surface area contributed by atoms with E-state index in [0.717, 1.165) is 11.1 Å². The van der Waals surface area contributed by atoms with Crippen LogP contribution in [0.1, 0.15) is 30.9 Å². The molecular formula is C26H30N2O5S. The molecule has 0 saturated heterocycles. The summed E-state index contributed by atoms with van der Waals surface area (Å²) in [6.07, 6.45) is 0.184. The lowest BCUT2D eigenvalue weighted by atomic mass is 10.0. The molecule has 7 nitrogen and oxygen atoms in total. The zero-order valence-electron chi connectivity index (χ0n) is 19.7. The lowest BCUT2D eigenvalue weighted by Crippen LogP contribution is -2.45. The highest BCUT2D eigenvalue weighted by molar-refractivity contribution is 7.89. The molecular weight excluding hydrogens is 452 g/mol. The first-order valence-electron chi connectivity index (χ1n) is 10.9. The smallest absolute Gasteiger partial charge is 0.242 e. The van der Waals surface area contributed by atoms with Crippen molar-refractivity contribution in [1.82, 2.24) is 4.72 Å². The summed E-state index contributed by atoms with van der Waals surface area (Å²) in [6.45, 7) is 4.18. The molecule has 0 spiro atoms. The van der Waals surface area contributed by atoms with E-state index < -0.39 is 22.0 Å². The van der Waals surface area contributed by atoms with Crippen molar-refractivity contribution in [3.63, 3.8) is 0 Å². The molecule has 0 aliphatic heterocycles. The van der Waals surface area contributed by atoms with E-state index in [1.807, 2.05) is 54.6 Å². The maximum atomic E-state index is 13.2. The first kappa shape index (κ1) is 25.3. The van der Waals surface area contributed by atoms with Crippen LogP contribution in [-0.2, 0) is 21.2 Å². The van der Waals surface area contributed by atoms with Crippen molar-refractivity contribution in [1.29, 1.82) is 0 Å². The lowest BCUT2D eigenvalue weighted by Gasteiger charge is -2.19. The summed E-state index contributed by atoms with van der Waals surface area (Å²) in [7, 11) is -1.14. The van der Waals surface area contributed by atoms with E-state index in [4.69, 9.17) is 9.47 Å². The molecule has 2 N–H and O–H groups in total. The number of methoxy groups -OCH3 is 2. The fraction of sp³-hybridized carbons (Fsp3) is 0.269. The molecule has 8 heteroatoms. The Balaban J connectivity index is 1.87. The van der Waals surface area contributed by atoms with Gasteiger partial charge in [-0.15, -0.1) is 0 Å². The van der Waals surface area contributed by atoms with Crippen molar-refractivity contribution < 1.29 is 22.7 Å². The fourth-order valence-electron chi connectivity index (χ4n) is 3.46. The molecule has 34 heavy (non-hydrogen) atoms. The maximum Gasteiger partial charge on any atom is 0.242 e. The van der Waals surface area contributed by atoms with Crippen molar-refractivity contribution in [2.24, 2.45) is 0 Å². The second-order valence-corrected chi connectivity index (χ2v) is 9.86. The number of rotatable bonds is 10. The van der Waals surface area contributed by atoms with Crippen molar-refractivity contribution in [2.75, 3.05) is 19.5 Å². The highest BCUT2D eigenvalue weighted by atomic mass is 32.2. The van der Waals surface area contributed by atoms with E-state index in [0.29, 0.717) is 17.4 Å². The standard InChI is InChI=1S/C26H30N2O5S/c1-18(2)20-10-12-21(13-11-20)27-26(29)23(16-19-8-6-5-7-9-19)28-34(30,31)22-14-15-24(32-3)25(17-22)33-4/h5-15,17-18,23,28H,16H2,1-4H3,(H,27,29)/t23-/m1/s1. The molecule has 0 heterocycles. The summed E-state index contributed by atoms with van der Waals surface area (Å²) in [6, 6.07) is 20.0. The van der Waals surface area contributed by atoms with Crippen LogP contribution in [-0.4, -0.2) is 34.6 Å². The van der Waals surface area contributed by atoms with E-state index in [9.17, 15) is 13.2 Å². The Bertz CT molecular complexity index is 1210. The van der Waals surface area contributed by atoms with Gasteiger partial charge < -0.3 is 14.8 Å². The quantitative estimate of drug-likeness (QED) is 0.448. The molecule has 0 bridgehead atoms. The predicted molar refractivity (Wildman–Crippen MR) is 133 cm³/mol. The van der Waals surface area contributed by atoms with Crippen LogP contribution in [0.5, 0.6) is 11.5 Å². The Labute approximate surface area is 201 Å². The summed E-state index contributed by atoms with van der Waals surface area (Å²) in [4.78, 5) is 13.2. The van der Waals surface area contributed by atoms with Gasteiger partial charge in [-0.2, -0.15) is 4.72 Å². The molecule has 0 radical (unpaired) electrons. The van der Waals surface area contributed by atoms with Gasteiger partial charge in [-0.3, -0.25) is 4.79 Å². The van der Waals surface area contributed by atoms with Crippen LogP contribution in [0.15, 0.2) is 77.7 Å². The van der Waals surface area contributed by atoms with Crippen molar-refractivity contribution in [3.05, 3.63) is 83.9 Å². The molecule has 3 aromatic rings. The van der Waals surface area contributed by atoms with Crippen LogP contribution >= 0.6 is 0 Å². The van der Waals surface area contributed by atoms with Crippen molar-refractivity contribution in [2.45, 2.75) is 37.1 Å². The molecule has 0 aliphatic carbocycles. The van der Waals surface area contributed by atoms with Crippen LogP contribution < -0.4 is 19.5 Å². The highest BCUT2D eigenvalue weighted by Crippen LogP contribution is 2.29. The monoisotopic (exact) mass is 482 g/mol. The second-order valence-electron chi connectivity index (χ2n) is 8.15. The topological polar surface area (TPSA) is 93.7 Å². The predicted octanol–water partition coefficient (Wildman–Crippen LogP) is 4.36. The molecule has 0 fully saturated rings. The van der Waals surface area contributed by atoms with Gasteiger partial charge in [0.1, 0.15) is 6.04 Å².